The van der Waals surface area contributed by atoms with Gasteiger partial charge < -0.3 is 14.0 Å². The Balaban J connectivity index is 2.23. The zero-order valence-electron chi connectivity index (χ0n) is 15.1. The van der Waals surface area contributed by atoms with E-state index in [0.717, 1.165) is 35.2 Å². The van der Waals surface area contributed by atoms with Crippen molar-refractivity contribution in [3.8, 4) is 11.4 Å². The van der Waals surface area contributed by atoms with Gasteiger partial charge in [-0.05, 0) is 38.5 Å². The maximum absolute atomic E-state index is 12.5. The SMILES string of the molecule is CCCn1cc(-n2c(C)c(C(=O)OCC)c3cc(OC)ccc32)cn1. The second kappa shape index (κ2) is 7.01. The molecule has 0 atom stereocenters. The summed E-state index contributed by atoms with van der Waals surface area (Å²) in [5, 5.41) is 5.23. The largest absolute Gasteiger partial charge is 0.497 e. The summed E-state index contributed by atoms with van der Waals surface area (Å²) in [5.74, 6) is 0.384. The Kier molecular flexibility index (Phi) is 4.79. The van der Waals surface area contributed by atoms with E-state index < -0.39 is 0 Å². The van der Waals surface area contributed by atoms with E-state index in [-0.39, 0.29) is 5.97 Å². The molecule has 0 radical (unpaired) electrons. The van der Waals surface area contributed by atoms with E-state index in [1.165, 1.54) is 0 Å². The summed E-state index contributed by atoms with van der Waals surface area (Å²) in [5.41, 5.74) is 3.26. The number of carbonyl (C=O) groups is 1. The number of aryl methyl sites for hydroxylation is 1. The predicted molar refractivity (Wildman–Crippen MR) is 96.6 cm³/mol. The Morgan fingerprint density at radius 3 is 2.76 bits per heavy atom. The molecule has 3 rings (SSSR count). The van der Waals surface area contributed by atoms with Crippen LogP contribution >= 0.6 is 0 Å². The second-order valence-electron chi connectivity index (χ2n) is 5.86. The molecule has 0 amide bonds. The number of esters is 1. The molecule has 0 N–H and O–H groups in total. The molecular formula is C19H23N3O3. The lowest BCUT2D eigenvalue weighted by Crippen LogP contribution is -2.07. The lowest BCUT2D eigenvalue weighted by atomic mass is 10.1. The minimum atomic E-state index is -0.321. The van der Waals surface area contributed by atoms with Crippen molar-refractivity contribution >= 4 is 16.9 Å². The van der Waals surface area contributed by atoms with Gasteiger partial charge in [0.05, 0.1) is 36.7 Å². The van der Waals surface area contributed by atoms with Gasteiger partial charge in [0, 0.05) is 23.8 Å². The van der Waals surface area contributed by atoms with Crippen LogP contribution in [0, 0.1) is 6.92 Å². The number of aromatic nitrogens is 3. The van der Waals surface area contributed by atoms with Gasteiger partial charge in [-0.2, -0.15) is 5.10 Å². The van der Waals surface area contributed by atoms with E-state index in [4.69, 9.17) is 9.47 Å². The summed E-state index contributed by atoms with van der Waals surface area (Å²) in [6, 6.07) is 5.73. The van der Waals surface area contributed by atoms with Crippen LogP contribution in [0.5, 0.6) is 5.75 Å². The van der Waals surface area contributed by atoms with Crippen molar-refractivity contribution < 1.29 is 14.3 Å². The molecule has 0 fully saturated rings. The molecular weight excluding hydrogens is 318 g/mol. The maximum atomic E-state index is 12.5. The van der Waals surface area contributed by atoms with Crippen molar-refractivity contribution in [3.63, 3.8) is 0 Å². The van der Waals surface area contributed by atoms with E-state index in [1.54, 1.807) is 7.11 Å². The quantitative estimate of drug-likeness (QED) is 0.641. The first-order valence-electron chi connectivity index (χ1n) is 8.49. The van der Waals surface area contributed by atoms with Crippen LogP contribution in [-0.4, -0.2) is 34.0 Å². The normalized spacial score (nSPS) is 11.0. The van der Waals surface area contributed by atoms with Crippen molar-refractivity contribution in [1.29, 1.82) is 0 Å². The third kappa shape index (κ3) is 2.99. The van der Waals surface area contributed by atoms with Gasteiger partial charge in [0.15, 0.2) is 0 Å². The molecule has 0 unspecified atom stereocenters. The van der Waals surface area contributed by atoms with E-state index in [9.17, 15) is 4.79 Å². The number of fused-ring (bicyclic) bond motifs is 1. The second-order valence-corrected chi connectivity index (χ2v) is 5.86. The van der Waals surface area contributed by atoms with Crippen LogP contribution in [0.1, 0.15) is 36.3 Å². The highest BCUT2D eigenvalue weighted by molar-refractivity contribution is 6.07. The molecule has 2 aromatic heterocycles. The van der Waals surface area contributed by atoms with Gasteiger partial charge in [0.1, 0.15) is 5.75 Å². The summed E-state index contributed by atoms with van der Waals surface area (Å²) < 4.78 is 14.6. The fraction of sp³-hybridized carbons (Fsp3) is 0.368. The lowest BCUT2D eigenvalue weighted by molar-refractivity contribution is 0.0527. The molecule has 6 heteroatoms. The first-order valence-corrected chi connectivity index (χ1v) is 8.49. The zero-order chi connectivity index (χ0) is 18.0. The minimum Gasteiger partial charge on any atom is -0.497 e. The van der Waals surface area contributed by atoms with Crippen molar-refractivity contribution in [1.82, 2.24) is 14.3 Å². The summed E-state index contributed by atoms with van der Waals surface area (Å²) >= 11 is 0. The molecule has 0 saturated carbocycles. The van der Waals surface area contributed by atoms with Crippen LogP contribution in [0.2, 0.25) is 0 Å². The van der Waals surface area contributed by atoms with E-state index in [2.05, 4.69) is 12.0 Å². The van der Waals surface area contributed by atoms with E-state index >= 15 is 0 Å². The van der Waals surface area contributed by atoms with Crippen molar-refractivity contribution in [2.45, 2.75) is 33.7 Å². The fourth-order valence-corrected chi connectivity index (χ4v) is 3.14. The van der Waals surface area contributed by atoms with Crippen LogP contribution in [0.25, 0.3) is 16.6 Å². The van der Waals surface area contributed by atoms with Gasteiger partial charge in [-0.3, -0.25) is 4.68 Å². The molecule has 132 valence electrons. The number of hydrogen-bond acceptors (Lipinski definition) is 4. The Morgan fingerprint density at radius 1 is 1.28 bits per heavy atom. The highest BCUT2D eigenvalue weighted by atomic mass is 16.5. The number of methoxy groups -OCH3 is 1. The monoisotopic (exact) mass is 341 g/mol. The standard InChI is InChI=1S/C19H23N3O3/c1-5-9-21-12-14(11-20-21)22-13(3)18(19(23)25-6-2)16-10-15(24-4)7-8-17(16)22/h7-8,10-12H,5-6,9H2,1-4H3. The Bertz CT molecular complexity index is 908. The van der Waals surface area contributed by atoms with Gasteiger partial charge >= 0.3 is 5.97 Å². The molecule has 0 bridgehead atoms. The molecule has 0 spiro atoms. The third-order valence-electron chi connectivity index (χ3n) is 4.22. The number of rotatable bonds is 6. The zero-order valence-corrected chi connectivity index (χ0v) is 15.1. The minimum absolute atomic E-state index is 0.321. The highest BCUT2D eigenvalue weighted by Crippen LogP contribution is 2.32. The number of benzene rings is 1. The maximum Gasteiger partial charge on any atom is 0.340 e. The van der Waals surface area contributed by atoms with Crippen LogP contribution in [0.3, 0.4) is 0 Å². The first kappa shape index (κ1) is 17.1. The van der Waals surface area contributed by atoms with Gasteiger partial charge in [0.2, 0.25) is 0 Å². The van der Waals surface area contributed by atoms with Crippen molar-refractivity contribution in [2.24, 2.45) is 0 Å². The third-order valence-corrected chi connectivity index (χ3v) is 4.22. The number of carbonyl (C=O) groups excluding carboxylic acids is 1. The van der Waals surface area contributed by atoms with Crippen LogP contribution in [0.4, 0.5) is 0 Å². The Morgan fingerprint density at radius 2 is 2.08 bits per heavy atom. The molecule has 3 aromatic rings. The smallest absolute Gasteiger partial charge is 0.340 e. The number of ether oxygens (including phenoxy) is 2. The molecule has 0 aliphatic carbocycles. The van der Waals surface area contributed by atoms with Crippen LogP contribution < -0.4 is 4.74 Å². The molecule has 0 aliphatic rings. The van der Waals surface area contributed by atoms with Crippen molar-refractivity contribution in [2.75, 3.05) is 13.7 Å². The van der Waals surface area contributed by atoms with Gasteiger partial charge in [0.25, 0.3) is 0 Å². The average molecular weight is 341 g/mol. The fourth-order valence-electron chi connectivity index (χ4n) is 3.14. The van der Waals surface area contributed by atoms with Gasteiger partial charge in [-0.15, -0.1) is 0 Å². The summed E-state index contributed by atoms with van der Waals surface area (Å²) in [6.45, 7) is 7.04. The molecule has 0 saturated heterocycles. The summed E-state index contributed by atoms with van der Waals surface area (Å²) in [6.07, 6.45) is 4.83. The molecule has 0 aliphatic heterocycles. The molecule has 6 nitrogen and oxygen atoms in total. The number of nitrogens with zero attached hydrogens (tertiary/aromatic N) is 3. The highest BCUT2D eigenvalue weighted by Gasteiger charge is 2.22. The van der Waals surface area contributed by atoms with Crippen molar-refractivity contribution in [3.05, 3.63) is 41.9 Å². The summed E-state index contributed by atoms with van der Waals surface area (Å²) in [4.78, 5) is 12.5. The Hall–Kier alpha value is -2.76. The Labute approximate surface area is 147 Å². The average Bonchev–Trinajstić information content (AvgIpc) is 3.16. The van der Waals surface area contributed by atoms with Crippen LogP contribution in [-0.2, 0) is 11.3 Å². The first-order chi connectivity index (χ1) is 12.1. The van der Waals surface area contributed by atoms with E-state index in [0.29, 0.717) is 17.9 Å². The lowest BCUT2D eigenvalue weighted by Gasteiger charge is -2.06. The topological polar surface area (TPSA) is 58.3 Å². The predicted octanol–water partition coefficient (Wildman–Crippen LogP) is 3.73. The summed E-state index contributed by atoms with van der Waals surface area (Å²) in [7, 11) is 1.61. The van der Waals surface area contributed by atoms with Gasteiger partial charge in [-0.1, -0.05) is 6.92 Å². The number of hydrogen-bond donors (Lipinski definition) is 0. The van der Waals surface area contributed by atoms with Crippen LogP contribution in [0.15, 0.2) is 30.6 Å². The van der Waals surface area contributed by atoms with E-state index in [1.807, 2.05) is 53.7 Å². The molecule has 1 aromatic carbocycles. The molecule has 25 heavy (non-hydrogen) atoms. The molecule has 2 heterocycles. The van der Waals surface area contributed by atoms with Gasteiger partial charge in [-0.25, -0.2) is 4.79 Å².